The predicted octanol–water partition coefficient (Wildman–Crippen LogP) is 3.85. The highest BCUT2D eigenvalue weighted by atomic mass is 127. The van der Waals surface area contributed by atoms with Crippen molar-refractivity contribution in [2.45, 2.75) is 25.9 Å². The van der Waals surface area contributed by atoms with Crippen molar-refractivity contribution in [2.75, 3.05) is 6.61 Å². The summed E-state index contributed by atoms with van der Waals surface area (Å²) in [7, 11) is 0. The van der Waals surface area contributed by atoms with Crippen molar-refractivity contribution in [3.8, 4) is 11.6 Å². The van der Waals surface area contributed by atoms with E-state index in [0.29, 0.717) is 11.1 Å². The summed E-state index contributed by atoms with van der Waals surface area (Å²) >= 11 is 0. The second-order valence-electron chi connectivity index (χ2n) is 5.45. The van der Waals surface area contributed by atoms with Gasteiger partial charge >= 0.3 is 6.36 Å². The summed E-state index contributed by atoms with van der Waals surface area (Å²) in [6.07, 6.45) is -5.94. The number of guanidine groups is 1. The first-order valence-electron chi connectivity index (χ1n) is 7.95. The van der Waals surface area contributed by atoms with E-state index in [4.69, 9.17) is 10.5 Å². The van der Waals surface area contributed by atoms with E-state index in [2.05, 4.69) is 20.0 Å². The number of hydrogen-bond donors (Lipinski definition) is 2. The summed E-state index contributed by atoms with van der Waals surface area (Å²) in [6.45, 7) is -0.359. The first kappa shape index (κ1) is 24.7. The van der Waals surface area contributed by atoms with E-state index in [1.54, 1.807) is 6.07 Å². The first-order chi connectivity index (χ1) is 13.2. The van der Waals surface area contributed by atoms with Gasteiger partial charge in [0.25, 0.3) is 6.43 Å². The molecule has 2 rings (SSSR count). The minimum absolute atomic E-state index is 0. The molecule has 3 N–H and O–H groups in total. The highest BCUT2D eigenvalue weighted by Gasteiger charge is 2.30. The zero-order chi connectivity index (χ0) is 20.6. The molecule has 0 amide bonds. The molecule has 0 spiro atoms. The zero-order valence-electron chi connectivity index (χ0n) is 14.8. The minimum atomic E-state index is -4.74. The van der Waals surface area contributed by atoms with Gasteiger partial charge in [-0.05, 0) is 29.3 Å². The summed E-state index contributed by atoms with van der Waals surface area (Å²) in [4.78, 5) is 7.90. The highest BCUT2D eigenvalue weighted by molar-refractivity contribution is 14.0. The molecule has 0 fully saturated rings. The molecule has 0 unspecified atom stereocenters. The summed E-state index contributed by atoms with van der Waals surface area (Å²) in [5.74, 6) is -0.163. The smallest absolute Gasteiger partial charge is 0.472 e. The molecule has 29 heavy (non-hydrogen) atoms. The number of aromatic nitrogens is 1. The maximum Gasteiger partial charge on any atom is 0.573 e. The Morgan fingerprint density at radius 3 is 2.45 bits per heavy atom. The Kier molecular flexibility index (Phi) is 9.85. The van der Waals surface area contributed by atoms with Gasteiger partial charge in [0, 0.05) is 18.8 Å². The molecule has 0 saturated heterocycles. The van der Waals surface area contributed by atoms with Crippen molar-refractivity contribution < 1.29 is 31.4 Å². The molecule has 0 bridgehead atoms. The zero-order valence-corrected chi connectivity index (χ0v) is 17.2. The maximum atomic E-state index is 12.1. The number of ether oxygens (including phenoxy) is 2. The second kappa shape index (κ2) is 11.6. The Hall–Kier alpha value is -2.38. The largest absolute Gasteiger partial charge is 0.573 e. The van der Waals surface area contributed by atoms with Gasteiger partial charge in [0.15, 0.2) is 12.6 Å². The predicted molar refractivity (Wildman–Crippen MR) is 106 cm³/mol. The van der Waals surface area contributed by atoms with Gasteiger partial charge in [0.1, 0.15) is 5.75 Å². The lowest BCUT2D eigenvalue weighted by atomic mass is 10.2. The molecule has 0 aliphatic heterocycles. The molecular weight excluding hydrogens is 514 g/mol. The van der Waals surface area contributed by atoms with Gasteiger partial charge in [0.05, 0.1) is 6.54 Å². The third-order valence-electron chi connectivity index (χ3n) is 3.22. The Morgan fingerprint density at radius 1 is 1.14 bits per heavy atom. The number of nitrogens with one attached hydrogen (secondary N) is 1. The van der Waals surface area contributed by atoms with E-state index in [1.165, 1.54) is 36.5 Å². The number of aliphatic imine (C=N–C) groups is 1. The van der Waals surface area contributed by atoms with Crippen molar-refractivity contribution >= 4 is 29.9 Å². The van der Waals surface area contributed by atoms with Gasteiger partial charge < -0.3 is 20.5 Å². The highest BCUT2D eigenvalue weighted by Crippen LogP contribution is 2.22. The van der Waals surface area contributed by atoms with Crippen LogP contribution in [-0.2, 0) is 13.1 Å². The van der Waals surface area contributed by atoms with Crippen LogP contribution in [0, 0.1) is 0 Å². The Balaban J connectivity index is 0.00000420. The van der Waals surface area contributed by atoms with E-state index in [0.717, 1.165) is 0 Å². The van der Waals surface area contributed by atoms with E-state index in [9.17, 15) is 22.0 Å². The molecule has 1 heterocycles. The molecule has 0 saturated carbocycles. The fourth-order valence-electron chi connectivity index (χ4n) is 2.01. The molecule has 2 aromatic rings. The molecular formula is C17H18F5IN4O2. The van der Waals surface area contributed by atoms with Crippen LogP contribution in [0.2, 0.25) is 0 Å². The molecule has 0 aliphatic carbocycles. The van der Waals surface area contributed by atoms with E-state index in [1.807, 2.05) is 0 Å². The number of benzene rings is 1. The second-order valence-corrected chi connectivity index (χ2v) is 5.45. The molecule has 0 radical (unpaired) electrons. The third kappa shape index (κ3) is 10.1. The quantitative estimate of drug-likeness (QED) is 0.234. The minimum Gasteiger partial charge on any atom is -0.472 e. The summed E-state index contributed by atoms with van der Waals surface area (Å²) < 4.78 is 69.2. The number of halogens is 6. The summed E-state index contributed by atoms with van der Waals surface area (Å²) in [6, 6.07) is 8.39. The Bertz CT molecular complexity index is 788. The van der Waals surface area contributed by atoms with Crippen molar-refractivity contribution in [3.05, 3.63) is 53.7 Å². The molecule has 1 aromatic heterocycles. The SMILES string of the molecule is I.NC(=NCc1ccnc(OCC(F)F)c1)NCc1ccc(OC(F)(F)F)cc1. The average molecular weight is 532 g/mol. The normalized spacial score (nSPS) is 11.7. The van der Waals surface area contributed by atoms with Crippen molar-refractivity contribution in [1.82, 2.24) is 10.3 Å². The Labute approximate surface area is 180 Å². The number of nitrogens with zero attached hydrogens (tertiary/aromatic N) is 2. The van der Waals surface area contributed by atoms with Crippen molar-refractivity contribution in [2.24, 2.45) is 10.7 Å². The number of pyridine rings is 1. The van der Waals surface area contributed by atoms with Crippen LogP contribution in [0.15, 0.2) is 47.6 Å². The molecule has 0 aliphatic rings. The van der Waals surface area contributed by atoms with E-state index < -0.39 is 19.4 Å². The summed E-state index contributed by atoms with van der Waals surface area (Å²) in [5.41, 5.74) is 7.05. The average Bonchev–Trinajstić information content (AvgIpc) is 2.63. The standard InChI is InChI=1S/C17H17F5N4O2.HI/c18-14(19)10-27-15-7-12(5-6-24-15)9-26-16(23)25-8-11-1-3-13(4-2-11)28-17(20,21)22;/h1-7,14H,8-10H2,(H3,23,25,26);1H. The molecule has 160 valence electrons. The number of hydrogen-bond acceptors (Lipinski definition) is 4. The maximum absolute atomic E-state index is 12.1. The molecule has 6 nitrogen and oxygen atoms in total. The van der Waals surface area contributed by atoms with Crippen LogP contribution in [0.3, 0.4) is 0 Å². The lowest BCUT2D eigenvalue weighted by Gasteiger charge is -2.10. The van der Waals surface area contributed by atoms with E-state index in [-0.39, 0.29) is 54.7 Å². The fourth-order valence-corrected chi connectivity index (χ4v) is 2.01. The van der Waals surface area contributed by atoms with Crippen LogP contribution >= 0.6 is 24.0 Å². The lowest BCUT2D eigenvalue weighted by molar-refractivity contribution is -0.274. The van der Waals surface area contributed by atoms with Gasteiger partial charge in [-0.2, -0.15) is 0 Å². The molecule has 12 heteroatoms. The van der Waals surface area contributed by atoms with Crippen LogP contribution in [0.5, 0.6) is 11.6 Å². The van der Waals surface area contributed by atoms with Crippen LogP contribution in [0.4, 0.5) is 22.0 Å². The summed E-state index contributed by atoms with van der Waals surface area (Å²) in [5, 5.41) is 2.81. The number of alkyl halides is 5. The van der Waals surface area contributed by atoms with Gasteiger partial charge in [-0.15, -0.1) is 37.1 Å². The lowest BCUT2D eigenvalue weighted by Crippen LogP contribution is -2.31. The van der Waals surface area contributed by atoms with Crippen molar-refractivity contribution in [1.29, 1.82) is 0 Å². The van der Waals surface area contributed by atoms with Gasteiger partial charge in [-0.25, -0.2) is 18.8 Å². The number of nitrogens with two attached hydrogens (primary N) is 1. The monoisotopic (exact) mass is 532 g/mol. The topological polar surface area (TPSA) is 81.8 Å². The van der Waals surface area contributed by atoms with Crippen LogP contribution in [0.1, 0.15) is 11.1 Å². The van der Waals surface area contributed by atoms with Gasteiger partial charge in [0.2, 0.25) is 5.88 Å². The van der Waals surface area contributed by atoms with Crippen LogP contribution in [-0.4, -0.2) is 30.3 Å². The van der Waals surface area contributed by atoms with Gasteiger partial charge in [-0.1, -0.05) is 12.1 Å². The van der Waals surface area contributed by atoms with Gasteiger partial charge in [-0.3, -0.25) is 0 Å². The molecule has 1 aromatic carbocycles. The number of rotatable bonds is 8. The Morgan fingerprint density at radius 2 is 1.83 bits per heavy atom. The van der Waals surface area contributed by atoms with E-state index >= 15 is 0 Å². The van der Waals surface area contributed by atoms with Crippen molar-refractivity contribution in [3.63, 3.8) is 0 Å². The molecule has 0 atom stereocenters. The first-order valence-corrected chi connectivity index (χ1v) is 7.95. The fraction of sp³-hybridized carbons (Fsp3) is 0.294. The van der Waals surface area contributed by atoms with Crippen LogP contribution < -0.4 is 20.5 Å². The third-order valence-corrected chi connectivity index (χ3v) is 3.22. The van der Waals surface area contributed by atoms with Crippen LogP contribution in [0.25, 0.3) is 0 Å².